The molecular formula is C19H20FN5O. The van der Waals surface area contributed by atoms with Gasteiger partial charge in [0.25, 0.3) is 0 Å². The second-order valence-corrected chi connectivity index (χ2v) is 6.64. The van der Waals surface area contributed by atoms with Crippen molar-refractivity contribution in [2.75, 3.05) is 24.5 Å². The summed E-state index contributed by atoms with van der Waals surface area (Å²) in [6.07, 6.45) is 7.92. The first-order valence-corrected chi connectivity index (χ1v) is 8.67. The molecule has 2 aliphatic rings. The molecule has 2 aliphatic heterocycles. The lowest BCUT2D eigenvalue weighted by molar-refractivity contribution is -0.124. The first-order chi connectivity index (χ1) is 12.6. The number of benzene rings is 1. The summed E-state index contributed by atoms with van der Waals surface area (Å²) in [7, 11) is 0. The molecule has 0 aromatic heterocycles. The number of hydrogen-bond donors (Lipinski definition) is 1. The minimum Gasteiger partial charge on any atom is -0.368 e. The van der Waals surface area contributed by atoms with Gasteiger partial charge in [0, 0.05) is 38.9 Å². The fourth-order valence-corrected chi connectivity index (χ4v) is 3.22. The Balaban J connectivity index is 1.47. The molecule has 1 saturated heterocycles. The number of nitrogens with one attached hydrogen (secondary N) is 1. The first kappa shape index (κ1) is 17.9. The zero-order valence-electron chi connectivity index (χ0n) is 14.4. The maximum Gasteiger partial charge on any atom is 0.224 e. The van der Waals surface area contributed by atoms with Crippen LogP contribution in [0, 0.1) is 35.4 Å². The third kappa shape index (κ3) is 4.00. The quantitative estimate of drug-likeness (QED) is 0.765. The maximum atomic E-state index is 14.1. The van der Waals surface area contributed by atoms with Gasteiger partial charge < -0.3 is 10.2 Å². The van der Waals surface area contributed by atoms with E-state index in [-0.39, 0.29) is 17.4 Å². The second-order valence-electron chi connectivity index (χ2n) is 6.64. The lowest BCUT2D eigenvalue weighted by atomic mass is 10.0. The summed E-state index contributed by atoms with van der Waals surface area (Å²) in [5.74, 6) is 1.93. The molecular weight excluding hydrogens is 333 g/mol. The van der Waals surface area contributed by atoms with Gasteiger partial charge in [-0.3, -0.25) is 4.79 Å². The Labute approximate surface area is 152 Å². The largest absolute Gasteiger partial charge is 0.368 e. The highest BCUT2D eigenvalue weighted by molar-refractivity contribution is 5.80. The van der Waals surface area contributed by atoms with Crippen molar-refractivity contribution >= 4 is 11.6 Å². The van der Waals surface area contributed by atoms with E-state index in [4.69, 9.17) is 11.7 Å². The fourth-order valence-electron chi connectivity index (χ4n) is 3.22. The highest BCUT2D eigenvalue weighted by Gasteiger charge is 2.39. The average Bonchev–Trinajstić information content (AvgIpc) is 3.24. The monoisotopic (exact) mass is 353 g/mol. The summed E-state index contributed by atoms with van der Waals surface area (Å²) in [5.41, 5.74) is 0.324. The van der Waals surface area contributed by atoms with E-state index in [2.05, 4.69) is 21.5 Å². The number of hydrogen-bond acceptors (Lipinski definition) is 5. The van der Waals surface area contributed by atoms with Crippen LogP contribution in [0.2, 0.25) is 0 Å². The van der Waals surface area contributed by atoms with Crippen LogP contribution >= 0.6 is 0 Å². The number of carbonyl (C=O) groups excluding carboxylic acids is 1. The van der Waals surface area contributed by atoms with E-state index in [9.17, 15) is 9.18 Å². The van der Waals surface area contributed by atoms with Gasteiger partial charge in [0.15, 0.2) is 5.66 Å². The molecule has 1 atom stereocenters. The molecule has 1 fully saturated rings. The average molecular weight is 353 g/mol. The minimum absolute atomic E-state index is 0.0331. The van der Waals surface area contributed by atoms with Crippen LogP contribution in [0.3, 0.4) is 0 Å². The maximum absolute atomic E-state index is 14.1. The normalized spacial score (nSPS) is 19.7. The number of terminal acetylenes is 1. The van der Waals surface area contributed by atoms with Crippen molar-refractivity contribution in [2.45, 2.75) is 31.3 Å². The molecule has 26 heavy (non-hydrogen) atoms. The van der Waals surface area contributed by atoms with Gasteiger partial charge in [0.05, 0.1) is 23.2 Å². The zero-order valence-corrected chi connectivity index (χ0v) is 14.4. The molecule has 0 spiro atoms. The van der Waals surface area contributed by atoms with Crippen LogP contribution in [0.5, 0.6) is 0 Å². The van der Waals surface area contributed by atoms with Gasteiger partial charge in [0.2, 0.25) is 5.91 Å². The van der Waals surface area contributed by atoms with Crippen LogP contribution in [0.15, 0.2) is 28.4 Å². The van der Waals surface area contributed by atoms with Crippen molar-refractivity contribution in [3.8, 4) is 18.4 Å². The van der Waals surface area contributed by atoms with Crippen molar-refractivity contribution in [2.24, 2.45) is 16.1 Å². The van der Waals surface area contributed by atoms with Crippen molar-refractivity contribution in [1.29, 1.82) is 5.26 Å². The fraction of sp³-hybridized carbons (Fsp3) is 0.474. The Morgan fingerprint density at radius 2 is 2.27 bits per heavy atom. The third-order valence-electron chi connectivity index (χ3n) is 4.85. The van der Waals surface area contributed by atoms with Gasteiger partial charge in [0.1, 0.15) is 5.82 Å². The summed E-state index contributed by atoms with van der Waals surface area (Å²) < 4.78 is 14.1. The van der Waals surface area contributed by atoms with Crippen LogP contribution in [0.4, 0.5) is 10.1 Å². The molecule has 134 valence electrons. The van der Waals surface area contributed by atoms with E-state index < -0.39 is 11.5 Å². The number of carbonyl (C=O) groups is 1. The molecule has 0 saturated carbocycles. The van der Waals surface area contributed by atoms with E-state index in [0.29, 0.717) is 51.0 Å². The summed E-state index contributed by atoms with van der Waals surface area (Å²) in [5, 5.41) is 19.8. The predicted molar refractivity (Wildman–Crippen MR) is 94.7 cm³/mol. The molecule has 1 aromatic carbocycles. The van der Waals surface area contributed by atoms with Crippen molar-refractivity contribution in [3.63, 3.8) is 0 Å². The highest BCUT2D eigenvalue weighted by atomic mass is 19.1. The molecule has 2 heterocycles. The standard InChI is InChI=1S/C19H20FN5O/c1-2-3-7-19(23-24-19)8-9-22-18(26)15-6-10-25(13-15)17-5-4-14(12-21)11-16(17)20/h1,4-5,11,15H,3,6-10,13H2,(H,22,26). The van der Waals surface area contributed by atoms with E-state index in [1.165, 1.54) is 6.07 Å². The van der Waals surface area contributed by atoms with Crippen molar-refractivity contribution in [1.82, 2.24) is 5.32 Å². The number of nitrogens with zero attached hydrogens (tertiary/aromatic N) is 4. The third-order valence-corrected chi connectivity index (χ3v) is 4.85. The SMILES string of the molecule is C#CCCC1(CCNC(=O)C2CCN(c3ccc(C#N)cc3F)C2)N=N1. The number of amides is 1. The van der Waals surface area contributed by atoms with Gasteiger partial charge in [-0.05, 0) is 24.6 Å². The number of anilines is 1. The molecule has 1 amide bonds. The summed E-state index contributed by atoms with van der Waals surface area (Å²) in [4.78, 5) is 14.2. The predicted octanol–water partition coefficient (Wildman–Crippen LogP) is 2.61. The van der Waals surface area contributed by atoms with Gasteiger partial charge >= 0.3 is 0 Å². The molecule has 0 aliphatic carbocycles. The number of halogens is 1. The number of nitriles is 1. The number of rotatable bonds is 7. The van der Waals surface area contributed by atoms with Crippen LogP contribution in [-0.4, -0.2) is 31.2 Å². The Morgan fingerprint density at radius 1 is 1.46 bits per heavy atom. The Bertz CT molecular complexity index is 801. The van der Waals surface area contributed by atoms with Crippen molar-refractivity contribution < 1.29 is 9.18 Å². The summed E-state index contributed by atoms with van der Waals surface area (Å²) in [6, 6.07) is 6.32. The molecule has 7 heteroatoms. The van der Waals surface area contributed by atoms with Crippen LogP contribution < -0.4 is 10.2 Å². The lowest BCUT2D eigenvalue weighted by Gasteiger charge is -2.19. The molecule has 1 N–H and O–H groups in total. The summed E-state index contributed by atoms with van der Waals surface area (Å²) >= 11 is 0. The van der Waals surface area contributed by atoms with Gasteiger partial charge in [-0.15, -0.1) is 12.3 Å². The Hall–Kier alpha value is -2.93. The van der Waals surface area contributed by atoms with Crippen molar-refractivity contribution in [3.05, 3.63) is 29.6 Å². The van der Waals surface area contributed by atoms with E-state index in [0.717, 1.165) is 0 Å². The Morgan fingerprint density at radius 3 is 2.92 bits per heavy atom. The van der Waals surface area contributed by atoms with E-state index in [1.54, 1.807) is 12.1 Å². The van der Waals surface area contributed by atoms with Gasteiger partial charge in [-0.25, -0.2) is 4.39 Å². The van der Waals surface area contributed by atoms with Gasteiger partial charge in [-0.2, -0.15) is 15.5 Å². The Kier molecular flexibility index (Phi) is 5.18. The molecule has 0 bridgehead atoms. The highest BCUT2D eigenvalue weighted by Crippen LogP contribution is 2.36. The van der Waals surface area contributed by atoms with E-state index in [1.807, 2.05) is 11.0 Å². The molecule has 6 nitrogen and oxygen atoms in total. The molecule has 1 unspecified atom stereocenters. The molecule has 3 rings (SSSR count). The second kappa shape index (κ2) is 7.53. The topological polar surface area (TPSA) is 80.9 Å². The lowest BCUT2D eigenvalue weighted by Crippen LogP contribution is -2.35. The van der Waals surface area contributed by atoms with Crippen LogP contribution in [-0.2, 0) is 4.79 Å². The van der Waals surface area contributed by atoms with E-state index >= 15 is 0 Å². The van der Waals surface area contributed by atoms with Crippen LogP contribution in [0.25, 0.3) is 0 Å². The minimum atomic E-state index is -0.433. The van der Waals surface area contributed by atoms with Gasteiger partial charge in [-0.1, -0.05) is 0 Å². The molecule has 0 radical (unpaired) electrons. The molecule has 1 aromatic rings. The summed E-state index contributed by atoms with van der Waals surface area (Å²) in [6.45, 7) is 1.57. The zero-order chi connectivity index (χ0) is 18.6. The smallest absolute Gasteiger partial charge is 0.224 e. The first-order valence-electron chi connectivity index (χ1n) is 8.67. The van der Waals surface area contributed by atoms with Crippen LogP contribution in [0.1, 0.15) is 31.2 Å².